The molecule has 11 heteroatoms. The fraction of sp³-hybridized carbons (Fsp3) is 0.357. The Morgan fingerprint density at radius 2 is 1.90 bits per heavy atom. The number of hydrogen-bond acceptors (Lipinski definition) is 9. The molecule has 0 radical (unpaired) electrons. The fourth-order valence-corrected chi connectivity index (χ4v) is 4.48. The lowest BCUT2D eigenvalue weighted by Crippen LogP contribution is -2.48. The maximum absolute atomic E-state index is 13.4. The average Bonchev–Trinajstić information content (AvgIpc) is 2.89. The average molecular weight is 551 g/mol. The fourth-order valence-electron chi connectivity index (χ4n) is 4.11. The van der Waals surface area contributed by atoms with Crippen molar-refractivity contribution in [2.75, 3.05) is 47.9 Å². The van der Waals surface area contributed by atoms with Gasteiger partial charge in [0, 0.05) is 31.0 Å². The summed E-state index contributed by atoms with van der Waals surface area (Å²) in [5.74, 6) is 1.60. The summed E-state index contributed by atoms with van der Waals surface area (Å²) in [4.78, 5) is 35.6. The van der Waals surface area contributed by atoms with Crippen LogP contribution in [0.4, 0.5) is 17.2 Å². The van der Waals surface area contributed by atoms with E-state index < -0.39 is 0 Å². The lowest BCUT2D eigenvalue weighted by atomic mass is 9.86. The molecule has 2 heterocycles. The SMILES string of the molecule is COc1c(NSC)cc(C(C)(C)C)cc1NC(=O)c1ccc(C)c(Oc2cc(N3CCNC(=O)C3)ncn2)c1. The molecule has 3 N–H and O–H groups in total. The highest BCUT2D eigenvalue weighted by atomic mass is 32.2. The van der Waals surface area contributed by atoms with E-state index in [0.29, 0.717) is 47.5 Å². The Morgan fingerprint density at radius 1 is 1.13 bits per heavy atom. The van der Waals surface area contributed by atoms with Gasteiger partial charge in [0.05, 0.1) is 25.0 Å². The molecule has 0 spiro atoms. The number of hydrogen-bond donors (Lipinski definition) is 3. The van der Waals surface area contributed by atoms with Gasteiger partial charge in [-0.3, -0.25) is 9.59 Å². The molecule has 206 valence electrons. The van der Waals surface area contributed by atoms with Crippen molar-refractivity contribution < 1.29 is 19.1 Å². The van der Waals surface area contributed by atoms with Gasteiger partial charge in [-0.1, -0.05) is 38.8 Å². The van der Waals surface area contributed by atoms with Crippen LogP contribution in [-0.2, 0) is 10.2 Å². The van der Waals surface area contributed by atoms with Gasteiger partial charge in [0.2, 0.25) is 11.8 Å². The summed E-state index contributed by atoms with van der Waals surface area (Å²) in [5.41, 5.74) is 3.52. The topological polar surface area (TPSA) is 118 Å². The molecular weight excluding hydrogens is 516 g/mol. The van der Waals surface area contributed by atoms with Crippen LogP contribution in [0.3, 0.4) is 0 Å². The van der Waals surface area contributed by atoms with Gasteiger partial charge >= 0.3 is 0 Å². The highest BCUT2D eigenvalue weighted by Crippen LogP contribution is 2.40. The molecular formula is C28H34N6O4S. The number of methoxy groups -OCH3 is 1. The smallest absolute Gasteiger partial charge is 0.255 e. The number of piperazine rings is 1. The Morgan fingerprint density at radius 3 is 2.59 bits per heavy atom. The number of amides is 2. The van der Waals surface area contributed by atoms with E-state index in [4.69, 9.17) is 9.47 Å². The first kappa shape index (κ1) is 28.0. The van der Waals surface area contributed by atoms with Gasteiger partial charge in [-0.05, 0) is 47.7 Å². The Hall–Kier alpha value is -3.99. The summed E-state index contributed by atoms with van der Waals surface area (Å²) in [6, 6.07) is 10.9. The number of benzene rings is 2. The first-order valence-corrected chi connectivity index (χ1v) is 13.8. The number of aromatic nitrogens is 2. The van der Waals surface area contributed by atoms with Crippen LogP contribution in [0.1, 0.15) is 42.3 Å². The number of carbonyl (C=O) groups excluding carboxylic acids is 2. The third-order valence-electron chi connectivity index (χ3n) is 6.27. The molecule has 0 bridgehead atoms. The minimum atomic E-state index is -0.304. The quantitative estimate of drug-likeness (QED) is 0.341. The van der Waals surface area contributed by atoms with Crippen LogP contribution in [0, 0.1) is 6.92 Å². The number of nitrogens with one attached hydrogen (secondary N) is 3. The van der Waals surface area contributed by atoms with Crippen LogP contribution < -0.4 is 29.7 Å². The van der Waals surface area contributed by atoms with E-state index in [0.717, 1.165) is 16.8 Å². The van der Waals surface area contributed by atoms with Crippen molar-refractivity contribution in [1.82, 2.24) is 15.3 Å². The summed E-state index contributed by atoms with van der Waals surface area (Å²) in [6.45, 7) is 9.66. The molecule has 0 unspecified atom stereocenters. The zero-order valence-electron chi connectivity index (χ0n) is 23.0. The Labute approximate surface area is 233 Å². The lowest BCUT2D eigenvalue weighted by molar-refractivity contribution is -0.120. The molecule has 2 aromatic carbocycles. The monoisotopic (exact) mass is 550 g/mol. The summed E-state index contributed by atoms with van der Waals surface area (Å²) >= 11 is 1.45. The van der Waals surface area contributed by atoms with E-state index in [9.17, 15) is 9.59 Å². The Balaban J connectivity index is 1.59. The van der Waals surface area contributed by atoms with Gasteiger partial charge < -0.3 is 29.7 Å². The molecule has 0 saturated carbocycles. The van der Waals surface area contributed by atoms with Gasteiger partial charge in [-0.15, -0.1) is 0 Å². The van der Waals surface area contributed by atoms with Crippen molar-refractivity contribution in [3.63, 3.8) is 0 Å². The maximum Gasteiger partial charge on any atom is 0.255 e. The zero-order chi connectivity index (χ0) is 28.2. The van der Waals surface area contributed by atoms with Crippen LogP contribution in [0.2, 0.25) is 0 Å². The second-order valence-electron chi connectivity index (χ2n) is 10.2. The molecule has 39 heavy (non-hydrogen) atoms. The minimum Gasteiger partial charge on any atom is -0.492 e. The minimum absolute atomic E-state index is 0.0575. The predicted molar refractivity (Wildman–Crippen MR) is 155 cm³/mol. The maximum atomic E-state index is 13.4. The van der Waals surface area contributed by atoms with Crippen molar-refractivity contribution >= 4 is 41.0 Å². The number of aryl methyl sites for hydroxylation is 1. The molecule has 0 aliphatic carbocycles. The summed E-state index contributed by atoms with van der Waals surface area (Å²) in [7, 11) is 1.58. The second-order valence-corrected chi connectivity index (χ2v) is 10.8. The molecule has 1 aliphatic rings. The van der Waals surface area contributed by atoms with Gasteiger partial charge in [0.25, 0.3) is 5.91 Å². The van der Waals surface area contributed by atoms with E-state index >= 15 is 0 Å². The van der Waals surface area contributed by atoms with Crippen LogP contribution in [0.5, 0.6) is 17.4 Å². The zero-order valence-corrected chi connectivity index (χ0v) is 23.9. The number of rotatable bonds is 8. The van der Waals surface area contributed by atoms with E-state index in [1.807, 2.05) is 36.3 Å². The van der Waals surface area contributed by atoms with E-state index in [1.165, 1.54) is 18.3 Å². The number of anilines is 3. The van der Waals surface area contributed by atoms with Crippen molar-refractivity contribution in [1.29, 1.82) is 0 Å². The molecule has 0 atom stereocenters. The lowest BCUT2D eigenvalue weighted by Gasteiger charge is -2.27. The van der Waals surface area contributed by atoms with E-state index in [-0.39, 0.29) is 23.8 Å². The second kappa shape index (κ2) is 11.8. The summed E-state index contributed by atoms with van der Waals surface area (Å²) in [5, 5.41) is 5.82. The van der Waals surface area contributed by atoms with Crippen LogP contribution in [-0.4, -0.2) is 54.8 Å². The normalized spacial score (nSPS) is 13.5. The first-order valence-electron chi connectivity index (χ1n) is 12.5. The molecule has 10 nitrogen and oxygen atoms in total. The molecule has 1 aliphatic heterocycles. The van der Waals surface area contributed by atoms with Gasteiger partial charge in [0.15, 0.2) is 5.75 Å². The van der Waals surface area contributed by atoms with Crippen molar-refractivity contribution in [3.05, 3.63) is 59.4 Å². The Kier molecular flexibility index (Phi) is 8.49. The highest BCUT2D eigenvalue weighted by molar-refractivity contribution is 7.99. The van der Waals surface area contributed by atoms with Crippen molar-refractivity contribution in [2.45, 2.75) is 33.1 Å². The van der Waals surface area contributed by atoms with Gasteiger partial charge in [0.1, 0.15) is 17.9 Å². The predicted octanol–water partition coefficient (Wildman–Crippen LogP) is 4.76. The number of ether oxygens (including phenoxy) is 2. The molecule has 1 fully saturated rings. The largest absolute Gasteiger partial charge is 0.492 e. The molecule has 4 rings (SSSR count). The highest BCUT2D eigenvalue weighted by Gasteiger charge is 2.22. The number of carbonyl (C=O) groups is 2. The Bertz CT molecular complexity index is 1370. The first-order chi connectivity index (χ1) is 18.6. The molecule has 1 aromatic heterocycles. The summed E-state index contributed by atoms with van der Waals surface area (Å²) < 4.78 is 15.0. The van der Waals surface area contributed by atoms with E-state index in [2.05, 4.69) is 46.1 Å². The van der Waals surface area contributed by atoms with Crippen LogP contribution >= 0.6 is 11.9 Å². The number of nitrogens with zero attached hydrogens (tertiary/aromatic N) is 3. The summed E-state index contributed by atoms with van der Waals surface area (Å²) in [6.07, 6.45) is 3.33. The van der Waals surface area contributed by atoms with Gasteiger partial charge in [-0.25, -0.2) is 9.97 Å². The van der Waals surface area contributed by atoms with Gasteiger partial charge in [-0.2, -0.15) is 0 Å². The molecule has 1 saturated heterocycles. The molecule has 3 aromatic rings. The van der Waals surface area contributed by atoms with Crippen molar-refractivity contribution in [3.8, 4) is 17.4 Å². The third-order valence-corrected chi connectivity index (χ3v) is 6.70. The third kappa shape index (κ3) is 6.72. The molecule has 2 amide bonds. The van der Waals surface area contributed by atoms with Crippen LogP contribution in [0.15, 0.2) is 42.7 Å². The van der Waals surface area contributed by atoms with Crippen molar-refractivity contribution in [2.24, 2.45) is 0 Å². The standard InChI is InChI=1S/C28H34N6O4S/c1-17-7-8-18(11-22(17)38-25-14-23(30-16-31-25)34-10-9-29-24(35)15-34)27(36)32-20-12-19(28(2,3)4)13-21(33-39-6)26(20)37-5/h7-8,11-14,16,33H,9-10,15H2,1-6H3,(H,29,35)(H,32,36). The van der Waals surface area contributed by atoms with E-state index in [1.54, 1.807) is 25.3 Å². The van der Waals surface area contributed by atoms with Crippen LogP contribution in [0.25, 0.3) is 0 Å².